The summed E-state index contributed by atoms with van der Waals surface area (Å²) in [5.41, 5.74) is 1.63. The Kier molecular flexibility index (Phi) is 8.27. The van der Waals surface area contributed by atoms with Crippen LogP contribution >= 0.6 is 0 Å². The summed E-state index contributed by atoms with van der Waals surface area (Å²) in [6.07, 6.45) is 6.15. The van der Waals surface area contributed by atoms with Gasteiger partial charge in [-0.05, 0) is 61.9 Å². The van der Waals surface area contributed by atoms with Crippen molar-refractivity contribution in [3.63, 3.8) is 0 Å². The lowest BCUT2D eigenvalue weighted by molar-refractivity contribution is -0.132. The number of hydrogen-bond acceptors (Lipinski definition) is 5. The van der Waals surface area contributed by atoms with Crippen molar-refractivity contribution in [2.24, 2.45) is 5.92 Å². The molecule has 0 saturated carbocycles. The Balaban J connectivity index is 1.40. The topological polar surface area (TPSA) is 80.8 Å². The third-order valence-corrected chi connectivity index (χ3v) is 5.60. The van der Waals surface area contributed by atoms with E-state index in [9.17, 15) is 9.59 Å². The molecule has 0 bridgehead atoms. The summed E-state index contributed by atoms with van der Waals surface area (Å²) in [6, 6.07) is 9.33. The smallest absolute Gasteiger partial charge is 0.252 e. The van der Waals surface area contributed by atoms with Crippen LogP contribution < -0.4 is 14.8 Å². The second kappa shape index (κ2) is 11.3. The molecule has 1 saturated heterocycles. The number of rotatable bonds is 9. The SMILES string of the molecule is CCOc1ccc(CCC(=O)N2CCC(CNC(=O)c3cccnc3)CC2)cc1OC. The van der Waals surface area contributed by atoms with E-state index in [-0.39, 0.29) is 11.8 Å². The average molecular weight is 426 g/mol. The number of pyridine rings is 1. The summed E-state index contributed by atoms with van der Waals surface area (Å²) in [6.45, 7) is 4.61. The zero-order chi connectivity index (χ0) is 22.1. The van der Waals surface area contributed by atoms with Crippen LogP contribution in [0.3, 0.4) is 0 Å². The minimum absolute atomic E-state index is 0.0996. The molecule has 0 unspecified atom stereocenters. The van der Waals surface area contributed by atoms with Gasteiger partial charge in [0.15, 0.2) is 11.5 Å². The Morgan fingerprint density at radius 2 is 2.00 bits per heavy atom. The number of ether oxygens (including phenoxy) is 2. The van der Waals surface area contributed by atoms with E-state index in [4.69, 9.17) is 9.47 Å². The minimum atomic E-state index is -0.0996. The zero-order valence-corrected chi connectivity index (χ0v) is 18.3. The van der Waals surface area contributed by atoms with Crippen LogP contribution in [0.4, 0.5) is 0 Å². The van der Waals surface area contributed by atoms with Crippen molar-refractivity contribution in [3.05, 3.63) is 53.9 Å². The maximum absolute atomic E-state index is 12.6. The highest BCUT2D eigenvalue weighted by Crippen LogP contribution is 2.28. The van der Waals surface area contributed by atoms with Gasteiger partial charge in [-0.1, -0.05) is 6.07 Å². The lowest BCUT2D eigenvalue weighted by Crippen LogP contribution is -2.41. The normalized spacial score (nSPS) is 14.2. The molecule has 0 aliphatic carbocycles. The van der Waals surface area contributed by atoms with Crippen LogP contribution in [-0.4, -0.2) is 55.0 Å². The van der Waals surface area contributed by atoms with Crippen LogP contribution in [0.5, 0.6) is 11.5 Å². The highest BCUT2D eigenvalue weighted by molar-refractivity contribution is 5.93. The lowest BCUT2D eigenvalue weighted by Gasteiger charge is -2.32. The number of nitrogens with one attached hydrogen (secondary N) is 1. The maximum Gasteiger partial charge on any atom is 0.252 e. The van der Waals surface area contributed by atoms with E-state index in [0.717, 1.165) is 37.2 Å². The van der Waals surface area contributed by atoms with Gasteiger partial charge in [-0.2, -0.15) is 0 Å². The second-order valence-electron chi connectivity index (χ2n) is 7.69. The van der Waals surface area contributed by atoms with Crippen LogP contribution in [-0.2, 0) is 11.2 Å². The molecule has 1 aromatic carbocycles. The van der Waals surface area contributed by atoms with Gasteiger partial charge in [0, 0.05) is 38.4 Å². The Bertz CT molecular complexity index is 864. The number of methoxy groups -OCH3 is 1. The fourth-order valence-corrected chi connectivity index (χ4v) is 3.77. The number of hydrogen-bond donors (Lipinski definition) is 1. The van der Waals surface area contributed by atoms with E-state index in [2.05, 4.69) is 10.3 Å². The summed E-state index contributed by atoms with van der Waals surface area (Å²) in [5, 5.41) is 2.98. The van der Waals surface area contributed by atoms with Gasteiger partial charge in [-0.3, -0.25) is 14.6 Å². The first-order valence-corrected chi connectivity index (χ1v) is 10.9. The molecule has 31 heavy (non-hydrogen) atoms. The molecule has 7 nitrogen and oxygen atoms in total. The van der Waals surface area contributed by atoms with Crippen LogP contribution in [0.1, 0.15) is 42.1 Å². The fraction of sp³-hybridized carbons (Fsp3) is 0.458. The Morgan fingerprint density at radius 3 is 2.68 bits per heavy atom. The number of nitrogens with zero attached hydrogens (tertiary/aromatic N) is 2. The highest BCUT2D eigenvalue weighted by atomic mass is 16.5. The van der Waals surface area contributed by atoms with Crippen molar-refractivity contribution >= 4 is 11.8 Å². The number of carbonyl (C=O) groups is 2. The molecule has 1 aliphatic heterocycles. The van der Waals surface area contributed by atoms with Crippen LogP contribution in [0.15, 0.2) is 42.7 Å². The molecule has 2 amide bonds. The van der Waals surface area contributed by atoms with Gasteiger partial charge < -0.3 is 19.7 Å². The molecule has 1 fully saturated rings. The quantitative estimate of drug-likeness (QED) is 0.668. The van der Waals surface area contributed by atoms with Crippen molar-refractivity contribution in [1.82, 2.24) is 15.2 Å². The first-order valence-electron chi connectivity index (χ1n) is 10.9. The third kappa shape index (κ3) is 6.44. The average Bonchev–Trinajstić information content (AvgIpc) is 2.82. The molecule has 1 N–H and O–H groups in total. The van der Waals surface area contributed by atoms with E-state index in [1.807, 2.05) is 30.0 Å². The van der Waals surface area contributed by atoms with Crippen molar-refractivity contribution in [2.75, 3.05) is 33.4 Å². The summed E-state index contributed by atoms with van der Waals surface area (Å²) < 4.78 is 10.9. The van der Waals surface area contributed by atoms with Crippen LogP contribution in [0.25, 0.3) is 0 Å². The van der Waals surface area contributed by atoms with Crippen LogP contribution in [0.2, 0.25) is 0 Å². The molecule has 0 spiro atoms. The lowest BCUT2D eigenvalue weighted by atomic mass is 9.96. The first-order chi connectivity index (χ1) is 15.1. The molecule has 2 aromatic rings. The number of piperidine rings is 1. The van der Waals surface area contributed by atoms with Gasteiger partial charge in [0.25, 0.3) is 5.91 Å². The summed E-state index contributed by atoms with van der Waals surface area (Å²) in [4.78, 5) is 30.7. The highest BCUT2D eigenvalue weighted by Gasteiger charge is 2.23. The molecular formula is C24H31N3O4. The molecular weight excluding hydrogens is 394 g/mol. The number of likely N-dealkylation sites (tertiary alicyclic amines) is 1. The van der Waals surface area contributed by atoms with Crippen molar-refractivity contribution in [2.45, 2.75) is 32.6 Å². The van der Waals surface area contributed by atoms with Crippen molar-refractivity contribution < 1.29 is 19.1 Å². The molecule has 2 heterocycles. The number of benzene rings is 1. The van der Waals surface area contributed by atoms with E-state index < -0.39 is 0 Å². The fourth-order valence-electron chi connectivity index (χ4n) is 3.77. The van der Waals surface area contributed by atoms with Gasteiger partial charge in [0.1, 0.15) is 0 Å². The van der Waals surface area contributed by atoms with Crippen molar-refractivity contribution in [1.29, 1.82) is 0 Å². The Morgan fingerprint density at radius 1 is 1.19 bits per heavy atom. The predicted molar refractivity (Wildman–Crippen MR) is 118 cm³/mol. The largest absolute Gasteiger partial charge is 0.493 e. The summed E-state index contributed by atoms with van der Waals surface area (Å²) in [5.74, 6) is 1.88. The molecule has 1 aromatic heterocycles. The van der Waals surface area contributed by atoms with Gasteiger partial charge in [-0.25, -0.2) is 0 Å². The molecule has 3 rings (SSSR count). The standard InChI is InChI=1S/C24H31N3O4/c1-3-31-21-8-6-18(15-22(21)30-2)7-9-23(28)27-13-10-19(11-14-27)16-26-24(29)20-5-4-12-25-17-20/h4-6,8,12,15,17,19H,3,7,9-11,13-14,16H2,1-2H3,(H,26,29). The number of aryl methyl sites for hydroxylation is 1. The molecule has 166 valence electrons. The van der Waals surface area contributed by atoms with Gasteiger partial charge in [0.05, 0.1) is 19.3 Å². The minimum Gasteiger partial charge on any atom is -0.493 e. The van der Waals surface area contributed by atoms with Crippen LogP contribution in [0, 0.1) is 5.92 Å². The Hall–Kier alpha value is -3.09. The predicted octanol–water partition coefficient (Wildman–Crippen LogP) is 3.09. The molecule has 0 radical (unpaired) electrons. The summed E-state index contributed by atoms with van der Waals surface area (Å²) >= 11 is 0. The van der Waals surface area contributed by atoms with Gasteiger partial charge >= 0.3 is 0 Å². The molecule has 0 atom stereocenters. The second-order valence-corrected chi connectivity index (χ2v) is 7.69. The van der Waals surface area contributed by atoms with E-state index in [1.165, 1.54) is 0 Å². The molecule has 7 heteroatoms. The zero-order valence-electron chi connectivity index (χ0n) is 18.3. The number of carbonyl (C=O) groups excluding carboxylic acids is 2. The van der Waals surface area contributed by atoms with Gasteiger partial charge in [-0.15, -0.1) is 0 Å². The van der Waals surface area contributed by atoms with E-state index in [0.29, 0.717) is 43.2 Å². The van der Waals surface area contributed by atoms with Gasteiger partial charge in [0.2, 0.25) is 5.91 Å². The number of aromatic nitrogens is 1. The molecule has 1 aliphatic rings. The number of amides is 2. The van der Waals surface area contributed by atoms with Crippen molar-refractivity contribution in [3.8, 4) is 11.5 Å². The first kappa shape index (κ1) is 22.6. The summed E-state index contributed by atoms with van der Waals surface area (Å²) in [7, 11) is 1.62. The Labute approximate surface area is 183 Å². The van der Waals surface area contributed by atoms with E-state index >= 15 is 0 Å². The third-order valence-electron chi connectivity index (χ3n) is 5.60. The maximum atomic E-state index is 12.6. The monoisotopic (exact) mass is 425 g/mol. The van der Waals surface area contributed by atoms with E-state index in [1.54, 1.807) is 31.6 Å².